The van der Waals surface area contributed by atoms with Crippen LogP contribution in [-0.2, 0) is 4.79 Å². The quantitative estimate of drug-likeness (QED) is 0.717. The Kier molecular flexibility index (Phi) is 6.96. The van der Waals surface area contributed by atoms with Crippen molar-refractivity contribution >= 4 is 5.91 Å². The molecule has 1 amide bonds. The summed E-state index contributed by atoms with van der Waals surface area (Å²) in [4.78, 5) is 13.9. The van der Waals surface area contributed by atoms with Crippen molar-refractivity contribution in [3.63, 3.8) is 0 Å². The molecule has 0 spiro atoms. The monoisotopic (exact) mass is 283 g/mol. The third-order valence-electron chi connectivity index (χ3n) is 5.03. The number of primary amides is 1. The minimum absolute atomic E-state index is 0.195. The summed E-state index contributed by atoms with van der Waals surface area (Å²) in [6.45, 7) is 12.0. The Labute approximate surface area is 124 Å². The molecule has 0 aromatic heterocycles. The molecular formula is C16H33N3O. The third kappa shape index (κ3) is 5.06. The molecule has 0 aromatic carbocycles. The van der Waals surface area contributed by atoms with E-state index in [0.717, 1.165) is 26.1 Å². The second kappa shape index (κ2) is 7.99. The fourth-order valence-corrected chi connectivity index (χ4v) is 3.23. The van der Waals surface area contributed by atoms with Crippen LogP contribution in [0.4, 0.5) is 0 Å². The SMILES string of the molecule is CCC1(CC)CCN(CCC(NC(C)C)C(N)=O)CC1. The number of hydrogen-bond acceptors (Lipinski definition) is 3. The Balaban J connectivity index is 2.38. The Morgan fingerprint density at radius 2 is 1.80 bits per heavy atom. The van der Waals surface area contributed by atoms with Crippen LogP contribution in [0.3, 0.4) is 0 Å². The lowest BCUT2D eigenvalue weighted by Crippen LogP contribution is -2.47. The average Bonchev–Trinajstić information content (AvgIpc) is 2.43. The molecule has 1 rings (SSSR count). The summed E-state index contributed by atoms with van der Waals surface area (Å²) in [5.74, 6) is -0.229. The first-order valence-corrected chi connectivity index (χ1v) is 8.20. The second-order valence-electron chi connectivity index (χ2n) is 6.61. The molecule has 1 aliphatic heterocycles. The van der Waals surface area contributed by atoms with Crippen molar-refractivity contribution in [2.75, 3.05) is 19.6 Å². The first kappa shape index (κ1) is 17.4. The van der Waals surface area contributed by atoms with Crippen LogP contribution >= 0.6 is 0 Å². The second-order valence-corrected chi connectivity index (χ2v) is 6.61. The van der Waals surface area contributed by atoms with Crippen molar-refractivity contribution in [1.29, 1.82) is 0 Å². The number of rotatable bonds is 8. The van der Waals surface area contributed by atoms with E-state index in [0.29, 0.717) is 11.5 Å². The van der Waals surface area contributed by atoms with Crippen LogP contribution in [0.2, 0.25) is 0 Å². The minimum atomic E-state index is -0.229. The van der Waals surface area contributed by atoms with Crippen LogP contribution < -0.4 is 11.1 Å². The fraction of sp³-hybridized carbons (Fsp3) is 0.938. The van der Waals surface area contributed by atoms with Gasteiger partial charge in [-0.25, -0.2) is 0 Å². The number of hydrogen-bond donors (Lipinski definition) is 2. The fourth-order valence-electron chi connectivity index (χ4n) is 3.23. The van der Waals surface area contributed by atoms with Gasteiger partial charge in [-0.1, -0.05) is 40.5 Å². The number of nitrogens with two attached hydrogens (primary N) is 1. The number of piperidine rings is 1. The van der Waals surface area contributed by atoms with Crippen molar-refractivity contribution in [2.24, 2.45) is 11.1 Å². The lowest BCUT2D eigenvalue weighted by Gasteiger charge is -2.41. The Morgan fingerprint density at radius 3 is 2.20 bits per heavy atom. The summed E-state index contributed by atoms with van der Waals surface area (Å²) in [6.07, 6.45) is 5.97. The van der Waals surface area contributed by atoms with Gasteiger partial charge in [0, 0.05) is 12.6 Å². The summed E-state index contributed by atoms with van der Waals surface area (Å²) >= 11 is 0. The van der Waals surface area contributed by atoms with E-state index in [-0.39, 0.29) is 11.9 Å². The Hall–Kier alpha value is -0.610. The van der Waals surface area contributed by atoms with Crippen molar-refractivity contribution in [2.45, 2.75) is 71.9 Å². The summed E-state index contributed by atoms with van der Waals surface area (Å²) < 4.78 is 0. The highest BCUT2D eigenvalue weighted by atomic mass is 16.1. The Morgan fingerprint density at radius 1 is 1.25 bits per heavy atom. The third-order valence-corrected chi connectivity index (χ3v) is 5.03. The van der Waals surface area contributed by atoms with Crippen LogP contribution in [0.25, 0.3) is 0 Å². The molecule has 1 unspecified atom stereocenters. The van der Waals surface area contributed by atoms with Crippen molar-refractivity contribution < 1.29 is 4.79 Å². The molecule has 0 saturated carbocycles. The number of nitrogens with zero attached hydrogens (tertiary/aromatic N) is 1. The molecule has 3 N–H and O–H groups in total. The molecule has 4 heteroatoms. The zero-order valence-electron chi connectivity index (χ0n) is 13.7. The lowest BCUT2D eigenvalue weighted by atomic mass is 9.74. The zero-order chi connectivity index (χ0) is 15.2. The van der Waals surface area contributed by atoms with Gasteiger partial charge in [-0.05, 0) is 37.8 Å². The number of nitrogens with one attached hydrogen (secondary N) is 1. The largest absolute Gasteiger partial charge is 0.368 e. The van der Waals surface area contributed by atoms with Gasteiger partial charge < -0.3 is 16.0 Å². The predicted molar refractivity (Wildman–Crippen MR) is 84.6 cm³/mol. The molecular weight excluding hydrogens is 250 g/mol. The first-order valence-electron chi connectivity index (χ1n) is 8.20. The zero-order valence-corrected chi connectivity index (χ0v) is 13.7. The molecule has 0 aliphatic carbocycles. The smallest absolute Gasteiger partial charge is 0.234 e. The lowest BCUT2D eigenvalue weighted by molar-refractivity contribution is -0.120. The maximum atomic E-state index is 11.4. The molecule has 0 bridgehead atoms. The molecule has 1 atom stereocenters. The topological polar surface area (TPSA) is 58.4 Å². The molecule has 20 heavy (non-hydrogen) atoms. The summed E-state index contributed by atoms with van der Waals surface area (Å²) in [7, 11) is 0. The van der Waals surface area contributed by atoms with Gasteiger partial charge in [-0.3, -0.25) is 4.79 Å². The van der Waals surface area contributed by atoms with E-state index in [2.05, 4.69) is 24.1 Å². The van der Waals surface area contributed by atoms with E-state index in [1.54, 1.807) is 0 Å². The van der Waals surface area contributed by atoms with Gasteiger partial charge in [0.2, 0.25) is 5.91 Å². The average molecular weight is 283 g/mol. The molecule has 1 saturated heterocycles. The summed E-state index contributed by atoms with van der Waals surface area (Å²) in [5, 5.41) is 3.26. The van der Waals surface area contributed by atoms with E-state index in [9.17, 15) is 4.79 Å². The number of carbonyl (C=O) groups is 1. The molecule has 4 nitrogen and oxygen atoms in total. The van der Waals surface area contributed by atoms with Crippen molar-refractivity contribution in [3.8, 4) is 0 Å². The number of amides is 1. The minimum Gasteiger partial charge on any atom is -0.368 e. The highest BCUT2D eigenvalue weighted by Crippen LogP contribution is 2.37. The molecule has 1 aliphatic rings. The normalized spacial score (nSPS) is 21.1. The van der Waals surface area contributed by atoms with Crippen LogP contribution in [0, 0.1) is 5.41 Å². The van der Waals surface area contributed by atoms with Gasteiger partial charge in [0.15, 0.2) is 0 Å². The van der Waals surface area contributed by atoms with E-state index >= 15 is 0 Å². The van der Waals surface area contributed by atoms with E-state index in [4.69, 9.17) is 5.73 Å². The molecule has 1 heterocycles. The maximum Gasteiger partial charge on any atom is 0.234 e. The van der Waals surface area contributed by atoms with Crippen LogP contribution in [0.15, 0.2) is 0 Å². The van der Waals surface area contributed by atoms with Crippen LogP contribution in [0.1, 0.15) is 59.8 Å². The van der Waals surface area contributed by atoms with Gasteiger partial charge in [0.25, 0.3) is 0 Å². The molecule has 118 valence electrons. The highest BCUT2D eigenvalue weighted by Gasteiger charge is 2.31. The van der Waals surface area contributed by atoms with Gasteiger partial charge in [0.1, 0.15) is 0 Å². The molecule has 1 fully saturated rings. The predicted octanol–water partition coefficient (Wildman–Crippen LogP) is 2.13. The van der Waals surface area contributed by atoms with Crippen molar-refractivity contribution in [1.82, 2.24) is 10.2 Å². The molecule has 0 aromatic rings. The van der Waals surface area contributed by atoms with Gasteiger partial charge >= 0.3 is 0 Å². The van der Waals surface area contributed by atoms with E-state index < -0.39 is 0 Å². The summed E-state index contributed by atoms with van der Waals surface area (Å²) in [6, 6.07) is 0.0979. The molecule has 0 radical (unpaired) electrons. The standard InChI is InChI=1S/C16H33N3O/c1-5-16(6-2)8-11-19(12-9-16)10-7-14(15(17)20)18-13(3)4/h13-14,18H,5-12H2,1-4H3,(H2,17,20). The number of likely N-dealkylation sites (tertiary alicyclic amines) is 1. The number of carbonyl (C=O) groups excluding carboxylic acids is 1. The van der Waals surface area contributed by atoms with Crippen LogP contribution in [0.5, 0.6) is 0 Å². The van der Waals surface area contributed by atoms with E-state index in [1.807, 2.05) is 13.8 Å². The van der Waals surface area contributed by atoms with Gasteiger partial charge in [0.05, 0.1) is 6.04 Å². The Bertz CT molecular complexity index is 290. The maximum absolute atomic E-state index is 11.4. The van der Waals surface area contributed by atoms with Crippen LogP contribution in [-0.4, -0.2) is 42.5 Å². The first-order chi connectivity index (χ1) is 9.42. The van der Waals surface area contributed by atoms with Crippen molar-refractivity contribution in [3.05, 3.63) is 0 Å². The van der Waals surface area contributed by atoms with Gasteiger partial charge in [-0.2, -0.15) is 0 Å². The highest BCUT2D eigenvalue weighted by molar-refractivity contribution is 5.79. The summed E-state index contributed by atoms with van der Waals surface area (Å²) in [5.41, 5.74) is 6.03. The van der Waals surface area contributed by atoms with Gasteiger partial charge in [-0.15, -0.1) is 0 Å². The van der Waals surface area contributed by atoms with E-state index in [1.165, 1.54) is 25.7 Å².